The third-order valence-electron chi connectivity index (χ3n) is 2.23. The molecule has 1 aromatic carbocycles. The van der Waals surface area contributed by atoms with Crippen molar-refractivity contribution in [2.45, 2.75) is 5.88 Å². The van der Waals surface area contributed by atoms with Gasteiger partial charge < -0.3 is 9.64 Å². The van der Waals surface area contributed by atoms with Crippen LogP contribution in [-0.2, 0) is 10.6 Å². The third kappa shape index (κ3) is 3.26. The maximum atomic E-state index is 6.14. The topological polar surface area (TPSA) is 12.5 Å². The van der Waals surface area contributed by atoms with Crippen molar-refractivity contribution in [3.05, 3.63) is 28.8 Å². The minimum Gasteiger partial charge on any atom is -0.383 e. The van der Waals surface area contributed by atoms with Crippen LogP contribution in [0, 0.1) is 0 Å². The van der Waals surface area contributed by atoms with Crippen molar-refractivity contribution in [2.75, 3.05) is 32.2 Å². The van der Waals surface area contributed by atoms with Crippen LogP contribution >= 0.6 is 23.2 Å². The number of hydrogen-bond acceptors (Lipinski definition) is 2. The van der Waals surface area contributed by atoms with Crippen LogP contribution in [0.3, 0.4) is 0 Å². The molecule has 0 atom stereocenters. The fourth-order valence-corrected chi connectivity index (χ4v) is 1.99. The summed E-state index contributed by atoms with van der Waals surface area (Å²) in [6, 6.07) is 5.77. The predicted octanol–water partition coefficient (Wildman–Crippen LogP) is 3.16. The van der Waals surface area contributed by atoms with Gasteiger partial charge in [0.1, 0.15) is 0 Å². The molecule has 4 heteroatoms. The molecule has 0 aliphatic rings. The van der Waals surface area contributed by atoms with Crippen LogP contribution in [0.25, 0.3) is 0 Å². The predicted molar refractivity (Wildman–Crippen MR) is 66.2 cm³/mol. The molecular weight excluding hydrogens is 233 g/mol. The van der Waals surface area contributed by atoms with E-state index in [9.17, 15) is 0 Å². The van der Waals surface area contributed by atoms with Gasteiger partial charge in [0.05, 0.1) is 17.3 Å². The van der Waals surface area contributed by atoms with E-state index in [4.69, 9.17) is 27.9 Å². The molecule has 0 spiro atoms. The van der Waals surface area contributed by atoms with Crippen molar-refractivity contribution in [2.24, 2.45) is 0 Å². The number of likely N-dealkylation sites (N-methyl/N-ethyl adjacent to an activating group) is 1. The molecule has 0 radical (unpaired) electrons. The normalized spacial score (nSPS) is 10.4. The van der Waals surface area contributed by atoms with E-state index < -0.39 is 0 Å². The van der Waals surface area contributed by atoms with Crippen molar-refractivity contribution in [3.8, 4) is 0 Å². The number of alkyl halides is 1. The van der Waals surface area contributed by atoms with Gasteiger partial charge in [-0.15, -0.1) is 11.6 Å². The molecule has 1 rings (SSSR count). The van der Waals surface area contributed by atoms with Crippen LogP contribution < -0.4 is 4.90 Å². The van der Waals surface area contributed by atoms with Gasteiger partial charge in [0.2, 0.25) is 0 Å². The first-order valence-corrected chi connectivity index (χ1v) is 5.65. The summed E-state index contributed by atoms with van der Waals surface area (Å²) in [5.41, 5.74) is 2.04. The summed E-state index contributed by atoms with van der Waals surface area (Å²) in [4.78, 5) is 2.06. The first-order chi connectivity index (χ1) is 7.20. The van der Waals surface area contributed by atoms with Crippen molar-refractivity contribution < 1.29 is 4.74 Å². The number of hydrogen-bond donors (Lipinski definition) is 0. The minimum absolute atomic E-state index is 0.465. The molecule has 84 valence electrons. The lowest BCUT2D eigenvalue weighted by atomic mass is 10.2. The van der Waals surface area contributed by atoms with Gasteiger partial charge in [0.25, 0.3) is 0 Å². The maximum Gasteiger partial charge on any atom is 0.0642 e. The van der Waals surface area contributed by atoms with E-state index in [-0.39, 0.29) is 0 Å². The van der Waals surface area contributed by atoms with E-state index in [1.165, 1.54) is 0 Å². The minimum atomic E-state index is 0.465. The summed E-state index contributed by atoms with van der Waals surface area (Å²) < 4.78 is 5.03. The lowest BCUT2D eigenvalue weighted by Crippen LogP contribution is -2.23. The molecule has 15 heavy (non-hydrogen) atoms. The zero-order valence-electron chi connectivity index (χ0n) is 8.96. The monoisotopic (exact) mass is 247 g/mol. The van der Waals surface area contributed by atoms with E-state index in [2.05, 4.69) is 4.90 Å². The van der Waals surface area contributed by atoms with Crippen molar-refractivity contribution >= 4 is 28.9 Å². The van der Waals surface area contributed by atoms with Gasteiger partial charge in [-0.3, -0.25) is 0 Å². The quantitative estimate of drug-likeness (QED) is 0.742. The van der Waals surface area contributed by atoms with Crippen LogP contribution in [0.1, 0.15) is 5.56 Å². The Morgan fingerprint density at radius 2 is 2.13 bits per heavy atom. The van der Waals surface area contributed by atoms with Gasteiger partial charge in [-0.05, 0) is 11.6 Å². The summed E-state index contributed by atoms with van der Waals surface area (Å²) in [7, 11) is 3.67. The summed E-state index contributed by atoms with van der Waals surface area (Å²) in [6.07, 6.45) is 0. The number of anilines is 1. The average molecular weight is 248 g/mol. The Labute approximate surface area is 101 Å². The van der Waals surface area contributed by atoms with E-state index in [1.54, 1.807) is 7.11 Å². The van der Waals surface area contributed by atoms with Gasteiger partial charge in [-0.1, -0.05) is 23.7 Å². The lowest BCUT2D eigenvalue weighted by molar-refractivity contribution is 0.206. The molecule has 0 unspecified atom stereocenters. The Balaban J connectivity index is 2.90. The van der Waals surface area contributed by atoms with Crippen molar-refractivity contribution in [3.63, 3.8) is 0 Å². The average Bonchev–Trinajstić information content (AvgIpc) is 2.25. The van der Waals surface area contributed by atoms with E-state index in [0.717, 1.165) is 22.8 Å². The first kappa shape index (κ1) is 12.6. The van der Waals surface area contributed by atoms with E-state index in [1.807, 2.05) is 25.2 Å². The Bertz CT molecular complexity index is 317. The number of halogens is 2. The second kappa shape index (κ2) is 6.21. The van der Waals surface area contributed by atoms with Crippen LogP contribution in [0.15, 0.2) is 18.2 Å². The van der Waals surface area contributed by atoms with Crippen LogP contribution in [-0.4, -0.2) is 27.3 Å². The zero-order chi connectivity index (χ0) is 11.3. The molecule has 0 amide bonds. The highest BCUT2D eigenvalue weighted by molar-refractivity contribution is 6.33. The molecule has 0 saturated heterocycles. The van der Waals surface area contributed by atoms with Gasteiger partial charge in [0.15, 0.2) is 0 Å². The van der Waals surface area contributed by atoms with Crippen LogP contribution in [0.4, 0.5) is 5.69 Å². The molecule has 0 aliphatic heterocycles. The van der Waals surface area contributed by atoms with Crippen LogP contribution in [0.2, 0.25) is 5.02 Å². The standard InChI is InChI=1S/C11H15Cl2NO/c1-14(6-7-15-2)11-9(8-12)4-3-5-10(11)13/h3-5H,6-8H2,1-2H3. The molecule has 0 aromatic heterocycles. The highest BCUT2D eigenvalue weighted by atomic mass is 35.5. The SMILES string of the molecule is COCCN(C)c1c(Cl)cccc1CCl. The summed E-state index contributed by atoms with van der Waals surface area (Å²) in [6.45, 7) is 1.47. The molecule has 0 N–H and O–H groups in total. The maximum absolute atomic E-state index is 6.14. The second-order valence-electron chi connectivity index (χ2n) is 3.30. The molecule has 0 bridgehead atoms. The number of rotatable bonds is 5. The molecule has 0 aliphatic carbocycles. The number of ether oxygens (including phenoxy) is 1. The Morgan fingerprint density at radius 3 is 2.73 bits per heavy atom. The lowest BCUT2D eigenvalue weighted by Gasteiger charge is -2.22. The molecule has 0 fully saturated rings. The van der Waals surface area contributed by atoms with E-state index >= 15 is 0 Å². The smallest absolute Gasteiger partial charge is 0.0642 e. The van der Waals surface area contributed by atoms with Crippen LogP contribution in [0.5, 0.6) is 0 Å². The van der Waals surface area contributed by atoms with E-state index in [0.29, 0.717) is 12.5 Å². The summed E-state index contributed by atoms with van der Waals surface area (Å²) in [5, 5.41) is 0.728. The van der Waals surface area contributed by atoms with Gasteiger partial charge in [-0.2, -0.15) is 0 Å². The Hall–Kier alpha value is -0.440. The zero-order valence-corrected chi connectivity index (χ0v) is 10.5. The highest BCUT2D eigenvalue weighted by Gasteiger charge is 2.10. The largest absolute Gasteiger partial charge is 0.383 e. The number of nitrogens with zero attached hydrogens (tertiary/aromatic N) is 1. The summed E-state index contributed by atoms with van der Waals surface area (Å²) in [5.74, 6) is 0.465. The molecule has 0 saturated carbocycles. The van der Waals surface area contributed by atoms with Gasteiger partial charge in [-0.25, -0.2) is 0 Å². The second-order valence-corrected chi connectivity index (χ2v) is 3.97. The number of para-hydroxylation sites is 1. The fourth-order valence-electron chi connectivity index (χ4n) is 1.44. The molecular formula is C11H15Cl2NO. The Morgan fingerprint density at radius 1 is 1.40 bits per heavy atom. The third-order valence-corrected chi connectivity index (χ3v) is 2.82. The highest BCUT2D eigenvalue weighted by Crippen LogP contribution is 2.29. The fraction of sp³-hybridized carbons (Fsp3) is 0.455. The number of methoxy groups -OCH3 is 1. The molecule has 1 aromatic rings. The Kier molecular flexibility index (Phi) is 5.23. The molecule has 0 heterocycles. The van der Waals surface area contributed by atoms with Gasteiger partial charge in [0, 0.05) is 26.6 Å². The van der Waals surface area contributed by atoms with Gasteiger partial charge >= 0.3 is 0 Å². The first-order valence-electron chi connectivity index (χ1n) is 4.74. The number of benzene rings is 1. The van der Waals surface area contributed by atoms with Crippen molar-refractivity contribution in [1.82, 2.24) is 0 Å². The van der Waals surface area contributed by atoms with Crippen molar-refractivity contribution in [1.29, 1.82) is 0 Å². The molecule has 2 nitrogen and oxygen atoms in total. The summed E-state index contributed by atoms with van der Waals surface area (Å²) >= 11 is 12.0.